The molecule has 2 rings (SSSR count). The lowest BCUT2D eigenvalue weighted by Crippen LogP contribution is -2.24. The normalized spacial score (nSPS) is 10.4. The Morgan fingerprint density at radius 1 is 1.29 bits per heavy atom. The van der Waals surface area contributed by atoms with Crippen molar-refractivity contribution in [1.82, 2.24) is 19.6 Å². The number of ether oxygens (including phenoxy) is 1. The maximum absolute atomic E-state index is 11.5. The van der Waals surface area contributed by atoms with Crippen LogP contribution in [0.1, 0.15) is 0 Å². The van der Waals surface area contributed by atoms with Crippen LogP contribution in [0.2, 0.25) is 0 Å². The molecule has 0 spiro atoms. The highest BCUT2D eigenvalue weighted by atomic mass is 16.5. The Kier molecular flexibility index (Phi) is 3.08. The molecule has 2 heterocycles. The average Bonchev–Trinajstić information content (AvgIpc) is 2.74. The van der Waals surface area contributed by atoms with Gasteiger partial charge in [0.2, 0.25) is 5.88 Å². The highest BCUT2D eigenvalue weighted by Gasteiger charge is 2.01. The average molecular weight is 235 g/mol. The summed E-state index contributed by atoms with van der Waals surface area (Å²) in [6.07, 6.45) is 1.75. The highest BCUT2D eigenvalue weighted by molar-refractivity contribution is 5.23. The molecule has 2 aromatic heterocycles. The monoisotopic (exact) mass is 235 g/mol. The zero-order valence-electron chi connectivity index (χ0n) is 9.41. The zero-order valence-corrected chi connectivity index (χ0v) is 9.41. The maximum atomic E-state index is 11.5. The number of anilines is 1. The molecular formula is C10H13N5O2. The second kappa shape index (κ2) is 4.69. The van der Waals surface area contributed by atoms with Crippen molar-refractivity contribution in [2.24, 2.45) is 0 Å². The van der Waals surface area contributed by atoms with E-state index in [9.17, 15) is 4.79 Å². The van der Waals surface area contributed by atoms with E-state index in [4.69, 9.17) is 10.5 Å². The predicted molar refractivity (Wildman–Crippen MR) is 61.7 cm³/mol. The molecule has 0 aliphatic heterocycles. The van der Waals surface area contributed by atoms with Gasteiger partial charge in [-0.25, -0.2) is 4.68 Å². The van der Waals surface area contributed by atoms with Gasteiger partial charge in [-0.15, -0.1) is 5.10 Å². The third-order valence-electron chi connectivity index (χ3n) is 2.25. The first kappa shape index (κ1) is 11.2. The molecule has 0 aliphatic rings. The van der Waals surface area contributed by atoms with E-state index in [1.807, 2.05) is 0 Å². The van der Waals surface area contributed by atoms with E-state index in [1.165, 1.54) is 23.9 Å². The van der Waals surface area contributed by atoms with E-state index in [-0.39, 0.29) is 5.56 Å². The Labute approximate surface area is 97.4 Å². The Morgan fingerprint density at radius 2 is 2.12 bits per heavy atom. The smallest absolute Gasteiger partial charge is 0.267 e. The summed E-state index contributed by atoms with van der Waals surface area (Å²) in [6, 6.07) is 4.65. The third-order valence-corrected chi connectivity index (χ3v) is 2.25. The van der Waals surface area contributed by atoms with Crippen molar-refractivity contribution >= 4 is 5.82 Å². The fourth-order valence-corrected chi connectivity index (χ4v) is 1.40. The number of nitrogens with zero attached hydrogens (tertiary/aromatic N) is 4. The molecule has 0 saturated heterocycles. The molecule has 7 nitrogen and oxygen atoms in total. The van der Waals surface area contributed by atoms with Gasteiger partial charge in [-0.05, 0) is 6.07 Å². The van der Waals surface area contributed by atoms with Crippen LogP contribution in [-0.4, -0.2) is 26.7 Å². The van der Waals surface area contributed by atoms with Crippen molar-refractivity contribution in [2.45, 2.75) is 13.1 Å². The number of hydrogen-bond acceptors (Lipinski definition) is 5. The summed E-state index contributed by atoms with van der Waals surface area (Å²) in [6.45, 7) is 0.939. The van der Waals surface area contributed by atoms with Gasteiger partial charge >= 0.3 is 0 Å². The maximum Gasteiger partial charge on any atom is 0.267 e. The molecule has 90 valence electrons. The number of aromatic nitrogens is 4. The number of hydrogen-bond donors (Lipinski definition) is 1. The molecule has 7 heteroatoms. The van der Waals surface area contributed by atoms with Crippen LogP contribution in [0.4, 0.5) is 5.82 Å². The summed E-state index contributed by atoms with van der Waals surface area (Å²) in [5.74, 6) is 0.862. The lowest BCUT2D eigenvalue weighted by atomic mass is 10.5. The van der Waals surface area contributed by atoms with Gasteiger partial charge in [0.15, 0.2) is 0 Å². The number of aryl methyl sites for hydroxylation is 2. The molecular weight excluding hydrogens is 222 g/mol. The summed E-state index contributed by atoms with van der Waals surface area (Å²) in [4.78, 5) is 11.5. The van der Waals surface area contributed by atoms with Gasteiger partial charge in [-0.1, -0.05) is 0 Å². The zero-order chi connectivity index (χ0) is 12.3. The van der Waals surface area contributed by atoms with E-state index in [0.717, 1.165) is 0 Å². The summed E-state index contributed by atoms with van der Waals surface area (Å²) < 4.78 is 7.94. The van der Waals surface area contributed by atoms with Crippen LogP contribution in [0.15, 0.2) is 29.2 Å². The van der Waals surface area contributed by atoms with Gasteiger partial charge in [0.25, 0.3) is 5.56 Å². The van der Waals surface area contributed by atoms with Crippen molar-refractivity contribution in [1.29, 1.82) is 0 Å². The van der Waals surface area contributed by atoms with E-state index in [1.54, 1.807) is 16.9 Å². The number of rotatable bonds is 4. The lowest BCUT2D eigenvalue weighted by molar-refractivity contribution is 0.369. The number of nitrogens with two attached hydrogens (primary N) is 1. The summed E-state index contributed by atoms with van der Waals surface area (Å²) in [7, 11) is 1.51. The van der Waals surface area contributed by atoms with Crippen molar-refractivity contribution in [2.75, 3.05) is 12.8 Å². The molecule has 2 N–H and O–H groups in total. The topological polar surface area (TPSA) is 88.0 Å². The van der Waals surface area contributed by atoms with Gasteiger partial charge in [-0.2, -0.15) is 5.10 Å². The Hall–Kier alpha value is -2.31. The molecule has 17 heavy (non-hydrogen) atoms. The van der Waals surface area contributed by atoms with Crippen molar-refractivity contribution in [3.8, 4) is 5.88 Å². The number of methoxy groups -OCH3 is 1. The molecule has 0 unspecified atom stereocenters. The second-order valence-electron chi connectivity index (χ2n) is 3.44. The highest BCUT2D eigenvalue weighted by Crippen LogP contribution is 2.00. The van der Waals surface area contributed by atoms with Gasteiger partial charge in [0, 0.05) is 18.3 Å². The molecule has 0 aromatic carbocycles. The lowest BCUT2D eigenvalue weighted by Gasteiger charge is -2.06. The van der Waals surface area contributed by atoms with Crippen LogP contribution in [0.25, 0.3) is 0 Å². The quantitative estimate of drug-likeness (QED) is 0.788. The number of nitrogen functional groups attached to an aromatic ring is 1. The van der Waals surface area contributed by atoms with Crippen LogP contribution in [0.3, 0.4) is 0 Å². The fraction of sp³-hybridized carbons (Fsp3) is 0.300. The van der Waals surface area contributed by atoms with Gasteiger partial charge < -0.3 is 10.5 Å². The van der Waals surface area contributed by atoms with Crippen molar-refractivity contribution in [3.05, 3.63) is 34.7 Å². The first-order chi connectivity index (χ1) is 8.19. The largest absolute Gasteiger partial charge is 0.480 e. The van der Waals surface area contributed by atoms with Crippen molar-refractivity contribution < 1.29 is 4.74 Å². The molecule has 0 radical (unpaired) electrons. The molecule has 0 atom stereocenters. The predicted octanol–water partition coefficient (Wildman–Crippen LogP) is -0.269. The summed E-state index contributed by atoms with van der Waals surface area (Å²) in [5.41, 5.74) is 5.31. The van der Waals surface area contributed by atoms with Gasteiger partial charge in [0.1, 0.15) is 5.82 Å². The van der Waals surface area contributed by atoms with Gasteiger partial charge in [-0.3, -0.25) is 9.48 Å². The fourth-order valence-electron chi connectivity index (χ4n) is 1.40. The van der Waals surface area contributed by atoms with Gasteiger partial charge in [0.05, 0.1) is 20.2 Å². The molecule has 2 aromatic rings. The molecule has 0 aliphatic carbocycles. The van der Waals surface area contributed by atoms with Crippen LogP contribution in [0.5, 0.6) is 5.88 Å². The van der Waals surface area contributed by atoms with Crippen LogP contribution in [-0.2, 0) is 13.1 Å². The van der Waals surface area contributed by atoms with Crippen LogP contribution >= 0.6 is 0 Å². The van der Waals surface area contributed by atoms with E-state index in [0.29, 0.717) is 24.8 Å². The second-order valence-corrected chi connectivity index (χ2v) is 3.44. The first-order valence-corrected chi connectivity index (χ1v) is 5.10. The van der Waals surface area contributed by atoms with E-state index in [2.05, 4.69) is 10.2 Å². The first-order valence-electron chi connectivity index (χ1n) is 5.10. The van der Waals surface area contributed by atoms with Crippen LogP contribution in [0, 0.1) is 0 Å². The Balaban J connectivity index is 2.10. The van der Waals surface area contributed by atoms with Crippen LogP contribution < -0.4 is 16.0 Å². The molecule has 0 saturated carbocycles. The molecule has 0 fully saturated rings. The van der Waals surface area contributed by atoms with E-state index >= 15 is 0 Å². The Morgan fingerprint density at radius 3 is 2.76 bits per heavy atom. The third kappa shape index (κ3) is 2.63. The van der Waals surface area contributed by atoms with E-state index < -0.39 is 0 Å². The SMILES string of the molecule is COc1ccc(=O)n(CCn2ccc(N)n2)n1. The minimum absolute atomic E-state index is 0.175. The summed E-state index contributed by atoms with van der Waals surface area (Å²) >= 11 is 0. The Bertz CT molecular complexity index is 560. The molecule has 0 amide bonds. The minimum Gasteiger partial charge on any atom is -0.480 e. The standard InChI is InChI=1S/C10H13N5O2/c1-17-9-2-3-10(16)15(13-9)7-6-14-5-4-8(11)12-14/h2-5H,6-7H2,1H3,(H2,11,12). The molecule has 0 bridgehead atoms. The summed E-state index contributed by atoms with van der Waals surface area (Å²) in [5, 5.41) is 8.04. The minimum atomic E-state index is -0.175. The van der Waals surface area contributed by atoms with Crippen molar-refractivity contribution in [3.63, 3.8) is 0 Å².